The molecule has 3 aromatic rings. The molecule has 3 heterocycles. The maximum Gasteiger partial charge on any atom is 0.236 e. The molecule has 1 saturated heterocycles. The third-order valence-corrected chi connectivity index (χ3v) is 5.96. The molecule has 0 aliphatic carbocycles. The standard InChI is InChI=1S/C22H25N3O3S/c1-15(17-5-7-18(8-6-17)25-9-11-27-12-10-25)23-21(26)14-19-16(2)28-22(24-19)20-4-3-13-29-20/h3-8,13,15H,9-12,14H2,1-2H3,(H,23,26). The van der Waals surface area contributed by atoms with Crippen molar-refractivity contribution in [1.29, 1.82) is 0 Å². The van der Waals surface area contributed by atoms with Gasteiger partial charge in [-0.1, -0.05) is 18.2 Å². The van der Waals surface area contributed by atoms with Gasteiger partial charge in [0.15, 0.2) is 0 Å². The number of carbonyl (C=O) groups excluding carboxylic acids is 1. The van der Waals surface area contributed by atoms with Gasteiger partial charge in [0.25, 0.3) is 0 Å². The number of aromatic nitrogens is 1. The van der Waals surface area contributed by atoms with E-state index in [2.05, 4.69) is 39.5 Å². The van der Waals surface area contributed by atoms with E-state index in [1.165, 1.54) is 5.69 Å². The first kappa shape index (κ1) is 19.7. The Kier molecular flexibility index (Phi) is 5.97. The van der Waals surface area contributed by atoms with Gasteiger partial charge in [0, 0.05) is 18.8 Å². The van der Waals surface area contributed by atoms with Crippen molar-refractivity contribution >= 4 is 22.9 Å². The van der Waals surface area contributed by atoms with Gasteiger partial charge in [0.1, 0.15) is 5.76 Å². The molecule has 0 radical (unpaired) electrons. The summed E-state index contributed by atoms with van der Waals surface area (Å²) in [6.07, 6.45) is 0.205. The van der Waals surface area contributed by atoms with Gasteiger partial charge in [-0.3, -0.25) is 4.79 Å². The van der Waals surface area contributed by atoms with E-state index in [1.54, 1.807) is 11.3 Å². The Morgan fingerprint density at radius 1 is 1.24 bits per heavy atom. The summed E-state index contributed by atoms with van der Waals surface area (Å²) in [6.45, 7) is 7.20. The highest BCUT2D eigenvalue weighted by molar-refractivity contribution is 7.13. The molecule has 4 rings (SSSR count). The summed E-state index contributed by atoms with van der Waals surface area (Å²) >= 11 is 1.57. The van der Waals surface area contributed by atoms with Gasteiger partial charge in [-0.2, -0.15) is 0 Å². The Labute approximate surface area is 174 Å². The fourth-order valence-corrected chi connectivity index (χ4v) is 4.07. The molecule has 1 atom stereocenters. The minimum absolute atomic E-state index is 0.0658. The lowest BCUT2D eigenvalue weighted by Crippen LogP contribution is -2.36. The van der Waals surface area contributed by atoms with Crippen LogP contribution in [0.25, 0.3) is 10.8 Å². The molecule has 1 amide bonds. The second-order valence-electron chi connectivity index (χ2n) is 7.16. The highest BCUT2D eigenvalue weighted by Crippen LogP contribution is 2.26. The first-order chi connectivity index (χ1) is 14.1. The van der Waals surface area contributed by atoms with E-state index < -0.39 is 0 Å². The zero-order valence-electron chi connectivity index (χ0n) is 16.7. The van der Waals surface area contributed by atoms with Gasteiger partial charge < -0.3 is 19.4 Å². The zero-order chi connectivity index (χ0) is 20.2. The van der Waals surface area contributed by atoms with Crippen LogP contribution in [0.3, 0.4) is 0 Å². The Bertz CT molecular complexity index is 944. The predicted octanol–water partition coefficient (Wildman–Crippen LogP) is 3.97. The number of nitrogens with one attached hydrogen (secondary N) is 1. The largest absolute Gasteiger partial charge is 0.440 e. The predicted molar refractivity (Wildman–Crippen MR) is 114 cm³/mol. The zero-order valence-corrected chi connectivity index (χ0v) is 17.5. The summed E-state index contributed by atoms with van der Waals surface area (Å²) in [6, 6.07) is 12.2. The minimum atomic E-state index is -0.0785. The van der Waals surface area contributed by atoms with Gasteiger partial charge in [-0.15, -0.1) is 11.3 Å². The molecule has 6 nitrogen and oxygen atoms in total. The molecular formula is C22H25N3O3S. The molecule has 1 N–H and O–H groups in total. The molecule has 0 bridgehead atoms. The average molecular weight is 412 g/mol. The molecule has 7 heteroatoms. The Balaban J connectivity index is 1.36. The monoisotopic (exact) mass is 411 g/mol. The number of benzene rings is 1. The molecule has 1 unspecified atom stereocenters. The van der Waals surface area contributed by atoms with Crippen molar-refractivity contribution in [2.24, 2.45) is 0 Å². The topological polar surface area (TPSA) is 67.6 Å². The number of thiophene rings is 1. The third kappa shape index (κ3) is 4.68. The summed E-state index contributed by atoms with van der Waals surface area (Å²) < 4.78 is 11.1. The van der Waals surface area contributed by atoms with E-state index in [4.69, 9.17) is 9.15 Å². The molecule has 0 spiro atoms. The molecule has 0 saturated carbocycles. The van der Waals surface area contributed by atoms with E-state index in [0.717, 1.165) is 36.7 Å². The van der Waals surface area contributed by atoms with Crippen LogP contribution in [0, 0.1) is 6.92 Å². The van der Waals surface area contributed by atoms with Gasteiger partial charge >= 0.3 is 0 Å². The molecule has 2 aromatic heterocycles. The number of ether oxygens (including phenoxy) is 1. The van der Waals surface area contributed by atoms with Crippen LogP contribution >= 0.6 is 11.3 Å². The lowest BCUT2D eigenvalue weighted by Gasteiger charge is -2.29. The fourth-order valence-electron chi connectivity index (χ4n) is 3.42. The minimum Gasteiger partial charge on any atom is -0.440 e. The van der Waals surface area contributed by atoms with E-state index >= 15 is 0 Å². The molecule has 1 aliphatic rings. The Hall–Kier alpha value is -2.64. The lowest BCUT2D eigenvalue weighted by molar-refractivity contribution is -0.121. The second kappa shape index (κ2) is 8.80. The van der Waals surface area contributed by atoms with Crippen LogP contribution in [-0.2, 0) is 16.0 Å². The molecule has 1 aliphatic heterocycles. The van der Waals surface area contributed by atoms with Crippen LogP contribution in [0.15, 0.2) is 46.2 Å². The van der Waals surface area contributed by atoms with Crippen LogP contribution in [0.1, 0.15) is 30.0 Å². The Morgan fingerprint density at radius 3 is 2.69 bits per heavy atom. The van der Waals surface area contributed by atoms with Crippen molar-refractivity contribution in [3.8, 4) is 10.8 Å². The number of hydrogen-bond acceptors (Lipinski definition) is 6. The number of hydrogen-bond donors (Lipinski definition) is 1. The number of aryl methyl sites for hydroxylation is 1. The van der Waals surface area contributed by atoms with Gasteiger partial charge in [0.2, 0.25) is 11.8 Å². The average Bonchev–Trinajstić information content (AvgIpc) is 3.39. The van der Waals surface area contributed by atoms with Gasteiger partial charge in [-0.25, -0.2) is 4.98 Å². The lowest BCUT2D eigenvalue weighted by atomic mass is 10.1. The maximum absolute atomic E-state index is 12.5. The number of oxazole rings is 1. The van der Waals surface area contributed by atoms with E-state index in [0.29, 0.717) is 17.3 Å². The fraction of sp³-hybridized carbons (Fsp3) is 0.364. The normalized spacial score (nSPS) is 15.3. The summed E-state index contributed by atoms with van der Waals surface area (Å²) in [5, 5.41) is 5.04. The van der Waals surface area contributed by atoms with Crippen molar-refractivity contribution < 1.29 is 13.9 Å². The van der Waals surface area contributed by atoms with Crippen molar-refractivity contribution in [3.63, 3.8) is 0 Å². The highest BCUT2D eigenvalue weighted by atomic mass is 32.1. The summed E-state index contributed by atoms with van der Waals surface area (Å²) in [5.74, 6) is 1.20. The van der Waals surface area contributed by atoms with Crippen molar-refractivity contribution in [1.82, 2.24) is 10.3 Å². The van der Waals surface area contributed by atoms with Crippen molar-refractivity contribution in [3.05, 3.63) is 58.8 Å². The Morgan fingerprint density at radius 2 is 2.00 bits per heavy atom. The molecular weight excluding hydrogens is 386 g/mol. The van der Waals surface area contributed by atoms with Gasteiger partial charge in [-0.05, 0) is 43.0 Å². The summed E-state index contributed by atoms with van der Waals surface area (Å²) in [5.41, 5.74) is 2.95. The number of nitrogens with zero attached hydrogens (tertiary/aromatic N) is 2. The van der Waals surface area contributed by atoms with Crippen LogP contribution in [0.5, 0.6) is 0 Å². The number of anilines is 1. The quantitative estimate of drug-likeness (QED) is 0.665. The molecule has 29 heavy (non-hydrogen) atoms. The van der Waals surface area contributed by atoms with Crippen LogP contribution in [0.4, 0.5) is 5.69 Å². The highest BCUT2D eigenvalue weighted by Gasteiger charge is 2.17. The van der Waals surface area contributed by atoms with E-state index in [-0.39, 0.29) is 18.4 Å². The summed E-state index contributed by atoms with van der Waals surface area (Å²) in [4.78, 5) is 20.3. The van der Waals surface area contributed by atoms with Crippen LogP contribution in [0.2, 0.25) is 0 Å². The summed E-state index contributed by atoms with van der Waals surface area (Å²) in [7, 11) is 0. The van der Waals surface area contributed by atoms with Crippen molar-refractivity contribution in [2.75, 3.05) is 31.2 Å². The second-order valence-corrected chi connectivity index (χ2v) is 8.10. The number of morpholine rings is 1. The first-order valence-electron chi connectivity index (χ1n) is 9.82. The SMILES string of the molecule is Cc1oc(-c2cccs2)nc1CC(=O)NC(C)c1ccc(N2CCOCC2)cc1. The number of carbonyl (C=O) groups is 1. The third-order valence-electron chi connectivity index (χ3n) is 5.10. The molecule has 152 valence electrons. The molecule has 1 fully saturated rings. The number of rotatable bonds is 6. The maximum atomic E-state index is 12.5. The van der Waals surface area contributed by atoms with Gasteiger partial charge in [0.05, 0.1) is 36.2 Å². The first-order valence-corrected chi connectivity index (χ1v) is 10.7. The van der Waals surface area contributed by atoms with E-state index in [1.807, 2.05) is 31.4 Å². The number of amides is 1. The van der Waals surface area contributed by atoms with Crippen LogP contribution in [-0.4, -0.2) is 37.2 Å². The van der Waals surface area contributed by atoms with Crippen LogP contribution < -0.4 is 10.2 Å². The van der Waals surface area contributed by atoms with E-state index in [9.17, 15) is 4.79 Å². The smallest absolute Gasteiger partial charge is 0.236 e. The molecule has 1 aromatic carbocycles. The van der Waals surface area contributed by atoms with Crippen molar-refractivity contribution in [2.45, 2.75) is 26.3 Å².